The van der Waals surface area contributed by atoms with Crippen molar-refractivity contribution >= 4 is 34.3 Å². The van der Waals surface area contributed by atoms with E-state index in [1.54, 1.807) is 24.3 Å². The number of methoxy groups -OCH3 is 1. The lowest BCUT2D eigenvalue weighted by molar-refractivity contribution is -0.250. The highest BCUT2D eigenvalue weighted by Crippen LogP contribution is 2.58. The number of nitrogens with zero attached hydrogens (tertiary/aromatic N) is 1. The number of fused-ring (bicyclic) bond motifs is 4. The van der Waals surface area contributed by atoms with E-state index < -0.39 is 17.3 Å². The molecular formula is C18H11ClF3NO2S. The number of para-hydroxylation sites is 1. The first-order valence-corrected chi connectivity index (χ1v) is 8.71. The molecular weight excluding hydrogens is 387 g/mol. The molecule has 8 heteroatoms. The predicted molar refractivity (Wildman–Crippen MR) is 92.9 cm³/mol. The van der Waals surface area contributed by atoms with Crippen LogP contribution in [-0.4, -0.2) is 23.4 Å². The van der Waals surface area contributed by atoms with Crippen molar-refractivity contribution in [3.63, 3.8) is 0 Å². The minimum absolute atomic E-state index is 0.100. The summed E-state index contributed by atoms with van der Waals surface area (Å²) in [5, 5.41) is 11.6. The molecule has 1 aromatic heterocycles. The molecule has 0 saturated heterocycles. The largest absolute Gasteiger partial charge is 0.481 e. The van der Waals surface area contributed by atoms with Gasteiger partial charge in [-0.15, -0.1) is 0 Å². The molecule has 26 heavy (non-hydrogen) atoms. The third-order valence-corrected chi connectivity index (χ3v) is 5.76. The Morgan fingerprint density at radius 2 is 1.92 bits per heavy atom. The molecule has 1 unspecified atom stereocenters. The van der Waals surface area contributed by atoms with Gasteiger partial charge in [-0.2, -0.15) is 13.2 Å². The molecule has 3 nitrogen and oxygen atoms in total. The molecule has 0 fully saturated rings. The molecule has 4 rings (SSSR count). The Bertz CT molecular complexity index is 1040. The molecule has 2 aromatic carbocycles. The van der Waals surface area contributed by atoms with Crippen molar-refractivity contribution in [3.05, 3.63) is 58.6 Å². The maximum absolute atomic E-state index is 14.1. The summed E-state index contributed by atoms with van der Waals surface area (Å²) in [4.78, 5) is 4.73. The number of ether oxygens (including phenoxy) is 1. The lowest BCUT2D eigenvalue weighted by Gasteiger charge is -2.38. The SMILES string of the molecule is COc1nc2ccccc2c2c1C(O)(C(F)(F)F)c1cc(Cl)ccc1S2. The van der Waals surface area contributed by atoms with Gasteiger partial charge in [-0.05, 0) is 24.3 Å². The highest BCUT2D eigenvalue weighted by Gasteiger charge is 2.61. The van der Waals surface area contributed by atoms with Crippen LogP contribution in [0.1, 0.15) is 11.1 Å². The van der Waals surface area contributed by atoms with E-state index in [2.05, 4.69) is 4.98 Å². The van der Waals surface area contributed by atoms with E-state index in [-0.39, 0.29) is 26.3 Å². The fourth-order valence-electron chi connectivity index (χ4n) is 3.15. The van der Waals surface area contributed by atoms with Crippen LogP contribution in [0.15, 0.2) is 52.3 Å². The third kappa shape index (κ3) is 2.31. The van der Waals surface area contributed by atoms with Gasteiger partial charge in [-0.25, -0.2) is 4.98 Å². The van der Waals surface area contributed by atoms with E-state index in [4.69, 9.17) is 16.3 Å². The van der Waals surface area contributed by atoms with Gasteiger partial charge in [0, 0.05) is 25.8 Å². The van der Waals surface area contributed by atoms with Crippen LogP contribution in [0.3, 0.4) is 0 Å². The van der Waals surface area contributed by atoms with E-state index in [0.717, 1.165) is 17.8 Å². The van der Waals surface area contributed by atoms with Gasteiger partial charge in [-0.3, -0.25) is 0 Å². The zero-order chi connectivity index (χ0) is 18.7. The van der Waals surface area contributed by atoms with Crippen molar-refractivity contribution in [1.29, 1.82) is 0 Å². The quantitative estimate of drug-likeness (QED) is 0.616. The summed E-state index contributed by atoms with van der Waals surface area (Å²) < 4.78 is 47.6. The Hall–Kier alpha value is -1.96. The summed E-state index contributed by atoms with van der Waals surface area (Å²) in [6.45, 7) is 0. The smallest absolute Gasteiger partial charge is 0.426 e. The number of rotatable bonds is 1. The number of hydrogen-bond acceptors (Lipinski definition) is 4. The minimum Gasteiger partial charge on any atom is -0.481 e. The summed E-state index contributed by atoms with van der Waals surface area (Å²) in [6, 6.07) is 10.9. The minimum atomic E-state index is -5.00. The number of aliphatic hydroxyl groups is 1. The molecule has 3 aromatic rings. The van der Waals surface area contributed by atoms with Crippen molar-refractivity contribution in [3.8, 4) is 5.88 Å². The number of hydrogen-bond donors (Lipinski definition) is 1. The maximum Gasteiger partial charge on any atom is 0.426 e. The Labute approximate surface area is 155 Å². The van der Waals surface area contributed by atoms with Gasteiger partial charge >= 0.3 is 6.18 Å². The summed E-state index contributed by atoms with van der Waals surface area (Å²) in [7, 11) is 1.23. The Kier molecular flexibility index (Phi) is 3.87. The number of pyridine rings is 1. The van der Waals surface area contributed by atoms with Gasteiger partial charge in [0.25, 0.3) is 0 Å². The molecule has 1 atom stereocenters. The van der Waals surface area contributed by atoms with Crippen molar-refractivity contribution < 1.29 is 23.0 Å². The monoisotopic (exact) mass is 397 g/mol. The lowest BCUT2D eigenvalue weighted by Crippen LogP contribution is -2.45. The summed E-state index contributed by atoms with van der Waals surface area (Å²) in [6.07, 6.45) is -5.00. The highest BCUT2D eigenvalue weighted by molar-refractivity contribution is 7.99. The number of aromatic nitrogens is 1. The lowest BCUT2D eigenvalue weighted by atomic mass is 9.84. The summed E-state index contributed by atoms with van der Waals surface area (Å²) >= 11 is 7.05. The first-order chi connectivity index (χ1) is 12.3. The third-order valence-electron chi connectivity index (χ3n) is 4.32. The average molecular weight is 398 g/mol. The Balaban J connectivity index is 2.18. The number of halogens is 4. The van der Waals surface area contributed by atoms with Crippen LogP contribution in [0.5, 0.6) is 5.88 Å². The summed E-state index contributed by atoms with van der Waals surface area (Å²) in [5.41, 5.74) is -3.54. The molecule has 134 valence electrons. The maximum atomic E-state index is 14.1. The molecule has 0 radical (unpaired) electrons. The van der Waals surface area contributed by atoms with Crippen molar-refractivity contribution in [2.75, 3.05) is 7.11 Å². The van der Waals surface area contributed by atoms with Crippen LogP contribution >= 0.6 is 23.4 Å². The zero-order valence-electron chi connectivity index (χ0n) is 13.3. The molecule has 1 aliphatic rings. The van der Waals surface area contributed by atoms with Crippen LogP contribution in [0.25, 0.3) is 10.9 Å². The van der Waals surface area contributed by atoms with Crippen LogP contribution < -0.4 is 4.74 Å². The second-order valence-electron chi connectivity index (χ2n) is 5.79. The first kappa shape index (κ1) is 17.5. The van der Waals surface area contributed by atoms with Crippen molar-refractivity contribution in [2.24, 2.45) is 0 Å². The molecule has 0 saturated carbocycles. The van der Waals surface area contributed by atoms with E-state index in [1.165, 1.54) is 19.2 Å². The molecule has 1 aliphatic heterocycles. The molecule has 0 bridgehead atoms. The zero-order valence-corrected chi connectivity index (χ0v) is 14.8. The van der Waals surface area contributed by atoms with Gasteiger partial charge in [0.1, 0.15) is 0 Å². The van der Waals surface area contributed by atoms with E-state index in [1.807, 2.05) is 0 Å². The molecule has 2 heterocycles. The predicted octanol–water partition coefficient (Wildman–Crippen LogP) is 5.16. The van der Waals surface area contributed by atoms with Gasteiger partial charge in [0.15, 0.2) is 0 Å². The van der Waals surface area contributed by atoms with E-state index in [0.29, 0.717) is 10.9 Å². The van der Waals surface area contributed by atoms with Crippen LogP contribution in [0, 0.1) is 0 Å². The number of alkyl halides is 3. The normalized spacial score (nSPS) is 19.2. The standard InChI is InChI=1S/C18H11ClF3NO2S/c1-25-16-14-15(10-4-2-3-5-12(10)23-16)26-13-7-6-9(19)8-11(13)17(14,24)18(20,21)22/h2-8,24H,1H3. The number of benzene rings is 2. The topological polar surface area (TPSA) is 42.4 Å². The van der Waals surface area contributed by atoms with Gasteiger partial charge in [-0.1, -0.05) is 41.6 Å². The van der Waals surface area contributed by atoms with Gasteiger partial charge < -0.3 is 9.84 Å². The second-order valence-corrected chi connectivity index (χ2v) is 7.28. The Morgan fingerprint density at radius 3 is 2.62 bits per heavy atom. The van der Waals surface area contributed by atoms with Gasteiger partial charge in [0.05, 0.1) is 18.2 Å². The van der Waals surface area contributed by atoms with Crippen LogP contribution in [0.4, 0.5) is 13.2 Å². The second kappa shape index (κ2) is 5.77. The Morgan fingerprint density at radius 1 is 1.19 bits per heavy atom. The van der Waals surface area contributed by atoms with Crippen molar-refractivity contribution in [2.45, 2.75) is 21.6 Å². The summed E-state index contributed by atoms with van der Waals surface area (Å²) in [5.74, 6) is -0.267. The molecule has 0 aliphatic carbocycles. The first-order valence-electron chi connectivity index (χ1n) is 7.51. The fourth-order valence-corrected chi connectivity index (χ4v) is 4.61. The highest BCUT2D eigenvalue weighted by atomic mass is 35.5. The van der Waals surface area contributed by atoms with Crippen LogP contribution in [-0.2, 0) is 5.60 Å². The average Bonchev–Trinajstić information content (AvgIpc) is 2.60. The van der Waals surface area contributed by atoms with E-state index in [9.17, 15) is 18.3 Å². The molecule has 0 spiro atoms. The molecule has 0 amide bonds. The van der Waals surface area contributed by atoms with E-state index >= 15 is 0 Å². The molecule has 1 N–H and O–H groups in total. The van der Waals surface area contributed by atoms with Crippen molar-refractivity contribution in [1.82, 2.24) is 4.98 Å². The van der Waals surface area contributed by atoms with Gasteiger partial charge in [0.2, 0.25) is 11.5 Å². The fraction of sp³-hybridized carbons (Fsp3) is 0.167. The van der Waals surface area contributed by atoms with Crippen LogP contribution in [0.2, 0.25) is 5.02 Å².